The number of benzene rings is 1. The molecule has 3 N–H and O–H groups in total. The van der Waals surface area contributed by atoms with Crippen LogP contribution < -0.4 is 5.73 Å². The number of hydrogen-bond donors (Lipinski definition) is 2. The summed E-state index contributed by atoms with van der Waals surface area (Å²) in [4.78, 5) is 10.3. The Morgan fingerprint density at radius 1 is 1.43 bits per heavy atom. The molecule has 0 saturated carbocycles. The summed E-state index contributed by atoms with van der Waals surface area (Å²) >= 11 is 0. The second-order valence-electron chi connectivity index (χ2n) is 2.82. The number of carboxylic acids is 1. The number of hydrogen-bond acceptors (Lipinski definition) is 2. The Hall–Kier alpha value is -1.79. The van der Waals surface area contributed by atoms with E-state index in [2.05, 4.69) is 11.8 Å². The third kappa shape index (κ3) is 3.30. The first-order valence-corrected chi connectivity index (χ1v) is 4.22. The Morgan fingerprint density at radius 2 is 2.07 bits per heavy atom. The molecule has 0 radical (unpaired) electrons. The van der Waals surface area contributed by atoms with Crippen LogP contribution in [0.4, 0.5) is 0 Å². The molecule has 0 spiro atoms. The largest absolute Gasteiger partial charge is 0.480 e. The van der Waals surface area contributed by atoms with Crippen LogP contribution in [-0.2, 0) is 4.79 Å². The van der Waals surface area contributed by atoms with Crippen LogP contribution in [0, 0.1) is 11.8 Å². The molecule has 72 valence electrons. The fraction of sp³-hybridized carbons (Fsp3) is 0.182. The van der Waals surface area contributed by atoms with E-state index in [4.69, 9.17) is 10.8 Å². The highest BCUT2D eigenvalue weighted by Crippen LogP contribution is 1.95. The van der Waals surface area contributed by atoms with Crippen LogP contribution in [0.3, 0.4) is 0 Å². The Balaban J connectivity index is 2.53. The predicted octanol–water partition coefficient (Wildman–Crippen LogP) is 0.840. The van der Waals surface area contributed by atoms with E-state index in [1.807, 2.05) is 30.3 Å². The lowest BCUT2D eigenvalue weighted by atomic mass is 10.2. The molecule has 14 heavy (non-hydrogen) atoms. The molecule has 1 aromatic rings. The van der Waals surface area contributed by atoms with E-state index in [1.54, 1.807) is 0 Å². The van der Waals surface area contributed by atoms with E-state index in [1.165, 1.54) is 0 Å². The monoisotopic (exact) mass is 189 g/mol. The summed E-state index contributed by atoms with van der Waals surface area (Å²) in [6, 6.07) is 8.47. The third-order valence-electron chi connectivity index (χ3n) is 1.65. The van der Waals surface area contributed by atoms with Gasteiger partial charge in [0.05, 0.1) is 0 Å². The normalized spacial score (nSPS) is 11.2. The summed E-state index contributed by atoms with van der Waals surface area (Å²) in [5, 5.41) is 8.49. The van der Waals surface area contributed by atoms with Crippen LogP contribution in [0.25, 0.3) is 0 Å². The van der Waals surface area contributed by atoms with Crippen molar-refractivity contribution in [2.24, 2.45) is 5.73 Å². The minimum atomic E-state index is -1.02. The van der Waals surface area contributed by atoms with Gasteiger partial charge in [-0.3, -0.25) is 4.79 Å². The molecule has 0 unspecified atom stereocenters. The van der Waals surface area contributed by atoms with Gasteiger partial charge in [-0.25, -0.2) is 0 Å². The van der Waals surface area contributed by atoms with Crippen LogP contribution in [0.5, 0.6) is 0 Å². The Kier molecular flexibility index (Phi) is 3.71. The van der Waals surface area contributed by atoms with Gasteiger partial charge in [-0.2, -0.15) is 0 Å². The van der Waals surface area contributed by atoms with Crippen molar-refractivity contribution in [2.45, 2.75) is 12.5 Å². The number of rotatable bonds is 2. The van der Waals surface area contributed by atoms with Gasteiger partial charge in [0, 0.05) is 12.0 Å². The van der Waals surface area contributed by atoms with Crippen LogP contribution in [0.15, 0.2) is 30.3 Å². The van der Waals surface area contributed by atoms with Crippen LogP contribution >= 0.6 is 0 Å². The average Bonchev–Trinajstić information content (AvgIpc) is 2.19. The maximum atomic E-state index is 10.3. The average molecular weight is 189 g/mol. The fourth-order valence-electron chi connectivity index (χ4n) is 0.872. The maximum Gasteiger partial charge on any atom is 0.321 e. The minimum Gasteiger partial charge on any atom is -0.480 e. The highest BCUT2D eigenvalue weighted by molar-refractivity contribution is 5.73. The zero-order valence-corrected chi connectivity index (χ0v) is 7.60. The molecule has 0 aromatic heterocycles. The van der Waals surface area contributed by atoms with Gasteiger partial charge in [-0.15, -0.1) is 0 Å². The molecule has 0 aliphatic rings. The Bertz CT molecular complexity index is 362. The first-order chi connectivity index (χ1) is 6.70. The van der Waals surface area contributed by atoms with Gasteiger partial charge in [0.2, 0.25) is 0 Å². The third-order valence-corrected chi connectivity index (χ3v) is 1.65. The molecule has 0 saturated heterocycles. The van der Waals surface area contributed by atoms with Crippen molar-refractivity contribution in [3.8, 4) is 11.8 Å². The smallest absolute Gasteiger partial charge is 0.321 e. The van der Waals surface area contributed by atoms with Gasteiger partial charge in [-0.1, -0.05) is 30.0 Å². The van der Waals surface area contributed by atoms with Gasteiger partial charge >= 0.3 is 5.97 Å². The van der Waals surface area contributed by atoms with Crippen molar-refractivity contribution in [2.75, 3.05) is 0 Å². The lowest BCUT2D eigenvalue weighted by Crippen LogP contribution is -2.29. The van der Waals surface area contributed by atoms with Gasteiger partial charge in [0.25, 0.3) is 0 Å². The summed E-state index contributed by atoms with van der Waals surface area (Å²) in [6.45, 7) is 0. The first-order valence-electron chi connectivity index (χ1n) is 4.22. The van der Waals surface area contributed by atoms with Gasteiger partial charge in [0.15, 0.2) is 0 Å². The molecule has 0 fully saturated rings. The highest BCUT2D eigenvalue weighted by Gasteiger charge is 2.07. The molecular formula is C11H11NO2. The summed E-state index contributed by atoms with van der Waals surface area (Å²) in [5.74, 6) is 4.54. The molecule has 3 heteroatoms. The van der Waals surface area contributed by atoms with Gasteiger partial charge in [0.1, 0.15) is 6.04 Å². The molecule has 0 heterocycles. The molecule has 1 rings (SSSR count). The van der Waals surface area contributed by atoms with Gasteiger partial charge < -0.3 is 10.8 Å². The molecule has 0 aliphatic carbocycles. The number of nitrogens with two attached hydrogens (primary N) is 1. The first kappa shape index (κ1) is 10.3. The molecule has 3 nitrogen and oxygen atoms in total. The summed E-state index contributed by atoms with van der Waals surface area (Å²) in [5.41, 5.74) is 6.14. The topological polar surface area (TPSA) is 63.3 Å². The second-order valence-corrected chi connectivity index (χ2v) is 2.82. The maximum absolute atomic E-state index is 10.3. The van der Waals surface area contributed by atoms with Crippen LogP contribution in [0.2, 0.25) is 0 Å². The SMILES string of the molecule is N[C@H](CC#Cc1ccccc1)C(=O)O. The summed E-state index contributed by atoms with van der Waals surface area (Å²) in [7, 11) is 0. The Morgan fingerprint density at radius 3 is 2.64 bits per heavy atom. The molecule has 0 bridgehead atoms. The van der Waals surface area contributed by atoms with E-state index in [9.17, 15) is 4.79 Å². The zero-order valence-electron chi connectivity index (χ0n) is 7.60. The fourth-order valence-corrected chi connectivity index (χ4v) is 0.872. The molecular weight excluding hydrogens is 178 g/mol. The number of carboxylic acid groups (broad SMARTS) is 1. The van der Waals surface area contributed by atoms with Crippen molar-refractivity contribution >= 4 is 5.97 Å². The van der Waals surface area contributed by atoms with Crippen LogP contribution in [-0.4, -0.2) is 17.1 Å². The number of aliphatic carboxylic acids is 1. The lowest BCUT2D eigenvalue weighted by molar-refractivity contribution is -0.138. The van der Waals surface area contributed by atoms with E-state index in [0.29, 0.717) is 0 Å². The highest BCUT2D eigenvalue weighted by atomic mass is 16.4. The lowest BCUT2D eigenvalue weighted by Gasteiger charge is -1.97. The second kappa shape index (κ2) is 5.05. The molecule has 1 atom stereocenters. The minimum absolute atomic E-state index is 0.171. The summed E-state index contributed by atoms with van der Waals surface area (Å²) < 4.78 is 0. The predicted molar refractivity (Wildman–Crippen MR) is 53.5 cm³/mol. The zero-order chi connectivity index (χ0) is 10.4. The van der Waals surface area contributed by atoms with Crippen molar-refractivity contribution in [1.29, 1.82) is 0 Å². The quantitative estimate of drug-likeness (QED) is 0.677. The molecule has 0 aliphatic heterocycles. The molecule has 0 amide bonds. The molecule has 1 aromatic carbocycles. The van der Waals surface area contributed by atoms with Crippen LogP contribution in [0.1, 0.15) is 12.0 Å². The number of carbonyl (C=O) groups is 1. The standard InChI is InChI=1S/C11H11NO2/c12-10(11(13)14)8-4-7-9-5-2-1-3-6-9/h1-3,5-6,10H,8,12H2,(H,13,14)/t10-/m1/s1. The van der Waals surface area contributed by atoms with E-state index in [-0.39, 0.29) is 6.42 Å². The van der Waals surface area contributed by atoms with Gasteiger partial charge in [-0.05, 0) is 12.1 Å². The van der Waals surface area contributed by atoms with E-state index < -0.39 is 12.0 Å². The Labute approximate surface area is 82.6 Å². The van der Waals surface area contributed by atoms with Crippen molar-refractivity contribution < 1.29 is 9.90 Å². The summed E-state index contributed by atoms with van der Waals surface area (Å²) in [6.07, 6.45) is 0.171. The van der Waals surface area contributed by atoms with Crippen molar-refractivity contribution in [1.82, 2.24) is 0 Å². The van der Waals surface area contributed by atoms with E-state index >= 15 is 0 Å². The van der Waals surface area contributed by atoms with Crippen molar-refractivity contribution in [3.05, 3.63) is 35.9 Å². The van der Waals surface area contributed by atoms with E-state index in [0.717, 1.165) is 5.56 Å². The van der Waals surface area contributed by atoms with Crippen molar-refractivity contribution in [3.63, 3.8) is 0 Å².